The predicted molar refractivity (Wildman–Crippen MR) is 55.5 cm³/mol. The van der Waals surface area contributed by atoms with Crippen LogP contribution >= 0.6 is 0 Å². The van der Waals surface area contributed by atoms with Gasteiger partial charge in [0.25, 0.3) is 0 Å². The van der Waals surface area contributed by atoms with Crippen molar-refractivity contribution in [3.05, 3.63) is 23.8 Å². The molecule has 0 spiro atoms. The van der Waals surface area contributed by atoms with Gasteiger partial charge in [0.05, 0.1) is 12.7 Å². The Morgan fingerprint density at radius 1 is 1.13 bits per heavy atom. The standard InChI is InChI=1S/C12H14O3/c1(3-10-8-15-10)9-2-4-11-12(7-9)14-6-5-13-11/h2,4,7,10H,1,3,5-6,8H2. The number of rotatable bonds is 3. The monoisotopic (exact) mass is 206 g/mol. The first kappa shape index (κ1) is 9.04. The van der Waals surface area contributed by atoms with Gasteiger partial charge in [0, 0.05) is 0 Å². The molecule has 0 bridgehead atoms. The molecule has 3 heteroatoms. The smallest absolute Gasteiger partial charge is 0.161 e. The summed E-state index contributed by atoms with van der Waals surface area (Å²) < 4.78 is 16.2. The van der Waals surface area contributed by atoms with Crippen LogP contribution in [-0.4, -0.2) is 25.9 Å². The molecule has 15 heavy (non-hydrogen) atoms. The van der Waals surface area contributed by atoms with E-state index in [0.29, 0.717) is 19.3 Å². The Morgan fingerprint density at radius 3 is 2.73 bits per heavy atom. The summed E-state index contributed by atoms with van der Waals surface area (Å²) >= 11 is 0. The van der Waals surface area contributed by atoms with E-state index in [-0.39, 0.29) is 0 Å². The molecule has 1 fully saturated rings. The quantitative estimate of drug-likeness (QED) is 0.706. The molecule has 1 atom stereocenters. The molecule has 0 amide bonds. The van der Waals surface area contributed by atoms with Gasteiger partial charge in [0.1, 0.15) is 13.2 Å². The molecule has 3 rings (SSSR count). The fourth-order valence-electron chi connectivity index (χ4n) is 1.81. The average molecular weight is 206 g/mol. The number of hydrogen-bond acceptors (Lipinski definition) is 3. The maximum atomic E-state index is 5.53. The highest BCUT2D eigenvalue weighted by Gasteiger charge is 2.22. The Kier molecular flexibility index (Phi) is 2.25. The molecule has 2 aliphatic rings. The number of hydrogen-bond donors (Lipinski definition) is 0. The van der Waals surface area contributed by atoms with Gasteiger partial charge in [-0.25, -0.2) is 0 Å². The van der Waals surface area contributed by atoms with E-state index < -0.39 is 0 Å². The molecule has 2 heterocycles. The van der Waals surface area contributed by atoms with Crippen molar-refractivity contribution < 1.29 is 14.2 Å². The molecule has 0 aliphatic carbocycles. The number of ether oxygens (including phenoxy) is 3. The maximum Gasteiger partial charge on any atom is 0.161 e. The molecule has 0 aromatic heterocycles. The van der Waals surface area contributed by atoms with Gasteiger partial charge in [0.15, 0.2) is 11.5 Å². The van der Waals surface area contributed by atoms with Crippen LogP contribution in [0, 0.1) is 0 Å². The molecule has 1 saturated heterocycles. The van der Waals surface area contributed by atoms with E-state index in [2.05, 4.69) is 12.1 Å². The van der Waals surface area contributed by atoms with E-state index >= 15 is 0 Å². The van der Waals surface area contributed by atoms with Crippen LogP contribution in [0.25, 0.3) is 0 Å². The Hall–Kier alpha value is -1.22. The normalized spacial score (nSPS) is 22.5. The van der Waals surface area contributed by atoms with Crippen molar-refractivity contribution in [1.29, 1.82) is 0 Å². The number of benzene rings is 1. The van der Waals surface area contributed by atoms with E-state index in [1.165, 1.54) is 5.56 Å². The molecule has 0 saturated carbocycles. The number of aryl methyl sites for hydroxylation is 1. The lowest BCUT2D eigenvalue weighted by Crippen LogP contribution is -2.15. The molecule has 0 N–H and O–H groups in total. The van der Waals surface area contributed by atoms with E-state index in [4.69, 9.17) is 14.2 Å². The molecular formula is C12H14O3. The van der Waals surface area contributed by atoms with Crippen LogP contribution in [0.4, 0.5) is 0 Å². The van der Waals surface area contributed by atoms with Crippen LogP contribution in [-0.2, 0) is 11.2 Å². The third kappa shape index (κ3) is 2.07. The Balaban J connectivity index is 1.71. The Morgan fingerprint density at radius 2 is 1.93 bits per heavy atom. The van der Waals surface area contributed by atoms with Crippen molar-refractivity contribution in [2.75, 3.05) is 19.8 Å². The summed E-state index contributed by atoms with van der Waals surface area (Å²) in [6.45, 7) is 2.25. The number of fused-ring (bicyclic) bond motifs is 1. The van der Waals surface area contributed by atoms with E-state index in [9.17, 15) is 0 Å². The molecule has 3 nitrogen and oxygen atoms in total. The van der Waals surface area contributed by atoms with Crippen LogP contribution in [0.1, 0.15) is 12.0 Å². The Labute approximate surface area is 89.0 Å². The largest absolute Gasteiger partial charge is 0.486 e. The highest BCUT2D eigenvalue weighted by molar-refractivity contribution is 5.43. The van der Waals surface area contributed by atoms with Crippen molar-refractivity contribution in [2.45, 2.75) is 18.9 Å². The van der Waals surface area contributed by atoms with Crippen molar-refractivity contribution in [1.82, 2.24) is 0 Å². The lowest BCUT2D eigenvalue weighted by Gasteiger charge is -2.18. The maximum absolute atomic E-state index is 5.53. The summed E-state index contributed by atoms with van der Waals surface area (Å²) in [4.78, 5) is 0. The minimum absolute atomic E-state index is 0.498. The van der Waals surface area contributed by atoms with Crippen molar-refractivity contribution in [3.63, 3.8) is 0 Å². The zero-order valence-corrected chi connectivity index (χ0v) is 8.57. The number of epoxide rings is 1. The van der Waals surface area contributed by atoms with Gasteiger partial charge in [-0.2, -0.15) is 0 Å². The molecule has 1 aromatic rings. The minimum Gasteiger partial charge on any atom is -0.486 e. The summed E-state index contributed by atoms with van der Waals surface area (Å²) in [6, 6.07) is 6.18. The van der Waals surface area contributed by atoms with Crippen molar-refractivity contribution in [2.24, 2.45) is 0 Å². The van der Waals surface area contributed by atoms with Gasteiger partial charge in [-0.1, -0.05) is 6.07 Å². The van der Waals surface area contributed by atoms with Gasteiger partial charge < -0.3 is 14.2 Å². The summed E-state index contributed by atoms with van der Waals surface area (Å²) in [5.74, 6) is 1.75. The zero-order chi connectivity index (χ0) is 10.1. The molecule has 1 aromatic carbocycles. The molecule has 2 aliphatic heterocycles. The minimum atomic E-state index is 0.498. The van der Waals surface area contributed by atoms with Gasteiger partial charge in [-0.3, -0.25) is 0 Å². The third-order valence-corrected chi connectivity index (χ3v) is 2.76. The summed E-state index contributed by atoms with van der Waals surface area (Å²) in [5.41, 5.74) is 1.30. The van der Waals surface area contributed by atoms with Crippen molar-refractivity contribution >= 4 is 0 Å². The molecular weight excluding hydrogens is 192 g/mol. The van der Waals surface area contributed by atoms with Gasteiger partial charge in [-0.15, -0.1) is 0 Å². The topological polar surface area (TPSA) is 31.0 Å². The molecule has 1 unspecified atom stereocenters. The summed E-state index contributed by atoms with van der Waals surface area (Å²) in [7, 11) is 0. The summed E-state index contributed by atoms with van der Waals surface area (Å²) in [5, 5.41) is 0. The highest BCUT2D eigenvalue weighted by Crippen LogP contribution is 2.31. The van der Waals surface area contributed by atoms with Crippen LogP contribution in [0.15, 0.2) is 18.2 Å². The van der Waals surface area contributed by atoms with Gasteiger partial charge in [0.2, 0.25) is 0 Å². The first-order valence-corrected chi connectivity index (χ1v) is 5.42. The van der Waals surface area contributed by atoms with Gasteiger partial charge in [-0.05, 0) is 30.5 Å². The third-order valence-electron chi connectivity index (χ3n) is 2.76. The Bertz CT molecular complexity index is 358. The second-order valence-electron chi connectivity index (χ2n) is 3.97. The fourth-order valence-corrected chi connectivity index (χ4v) is 1.81. The summed E-state index contributed by atoms with van der Waals surface area (Å²) in [6.07, 6.45) is 2.67. The highest BCUT2D eigenvalue weighted by atomic mass is 16.6. The lowest BCUT2D eigenvalue weighted by molar-refractivity contribution is 0.171. The van der Waals surface area contributed by atoms with Gasteiger partial charge >= 0.3 is 0 Å². The second kappa shape index (κ2) is 3.74. The predicted octanol–water partition coefficient (Wildman–Crippen LogP) is 1.79. The molecule has 0 radical (unpaired) electrons. The average Bonchev–Trinajstić information content (AvgIpc) is 3.10. The van der Waals surface area contributed by atoms with Crippen molar-refractivity contribution in [3.8, 4) is 11.5 Å². The van der Waals surface area contributed by atoms with Crippen LogP contribution in [0.3, 0.4) is 0 Å². The van der Waals surface area contributed by atoms with E-state index in [1.54, 1.807) is 0 Å². The van der Waals surface area contributed by atoms with Crippen LogP contribution in [0.5, 0.6) is 11.5 Å². The first-order chi connectivity index (χ1) is 7.42. The lowest BCUT2D eigenvalue weighted by atomic mass is 10.1. The van der Waals surface area contributed by atoms with E-state index in [1.807, 2.05) is 6.07 Å². The zero-order valence-electron chi connectivity index (χ0n) is 8.57. The molecule has 80 valence electrons. The first-order valence-electron chi connectivity index (χ1n) is 5.42. The fraction of sp³-hybridized carbons (Fsp3) is 0.500. The van der Waals surface area contributed by atoms with Crippen LogP contribution < -0.4 is 9.47 Å². The SMILES string of the molecule is c1cc2c(cc1CCC1CO1)OCCO2. The van der Waals surface area contributed by atoms with E-state index in [0.717, 1.165) is 30.9 Å². The van der Waals surface area contributed by atoms with Crippen LogP contribution in [0.2, 0.25) is 0 Å². The second-order valence-corrected chi connectivity index (χ2v) is 3.97.